The minimum atomic E-state index is -0.927. The van der Waals surface area contributed by atoms with Crippen molar-refractivity contribution in [2.45, 2.75) is 13.3 Å². The van der Waals surface area contributed by atoms with Crippen molar-refractivity contribution in [3.8, 4) is 0 Å². The van der Waals surface area contributed by atoms with Crippen LogP contribution in [0.15, 0.2) is 28.7 Å². The quantitative estimate of drug-likeness (QED) is 0.870. The summed E-state index contributed by atoms with van der Waals surface area (Å²) in [5.74, 6) is -0.188. The number of aliphatic carboxylic acids is 1. The lowest BCUT2D eigenvalue weighted by Gasteiger charge is -2.20. The van der Waals surface area contributed by atoms with Gasteiger partial charge in [-0.3, -0.25) is 0 Å². The van der Waals surface area contributed by atoms with E-state index in [0.29, 0.717) is 0 Å². The van der Waals surface area contributed by atoms with Gasteiger partial charge in [0.05, 0.1) is 5.69 Å². The highest BCUT2D eigenvalue weighted by Gasteiger charge is 2.20. The second kappa shape index (κ2) is 5.57. The van der Waals surface area contributed by atoms with Gasteiger partial charge in [0.1, 0.15) is 0 Å². The third-order valence-corrected chi connectivity index (χ3v) is 3.79. The maximum absolute atomic E-state index is 10.5. The molecule has 1 heterocycles. The molecule has 1 aromatic rings. The fourth-order valence-corrected chi connectivity index (χ4v) is 2.85. The minimum absolute atomic E-state index is 0.739. The van der Waals surface area contributed by atoms with Crippen LogP contribution >= 0.6 is 15.9 Å². The number of anilines is 1. The Morgan fingerprint density at radius 3 is 2.89 bits per heavy atom. The molecule has 0 radical (unpaired) electrons. The molecule has 0 saturated carbocycles. The molecule has 1 atom stereocenters. The van der Waals surface area contributed by atoms with Gasteiger partial charge in [0.25, 0.3) is 0 Å². The number of hydrogen-bond donors (Lipinski definition) is 1. The van der Waals surface area contributed by atoms with Crippen LogP contribution < -0.4 is 4.90 Å². The molecule has 3 nitrogen and oxygen atoms in total. The summed E-state index contributed by atoms with van der Waals surface area (Å²) in [6.07, 6.45) is 3.98. The van der Waals surface area contributed by atoms with Crippen LogP contribution in [-0.4, -0.2) is 24.2 Å². The lowest BCUT2D eigenvalue weighted by molar-refractivity contribution is -0.131. The van der Waals surface area contributed by atoms with Crippen LogP contribution in [-0.2, 0) is 4.79 Å². The number of nitrogens with zero attached hydrogens (tertiary/aromatic N) is 1. The molecule has 1 aromatic carbocycles. The average molecular weight is 310 g/mol. The van der Waals surface area contributed by atoms with Gasteiger partial charge in [-0.15, -0.1) is 0 Å². The Morgan fingerprint density at radius 1 is 1.56 bits per heavy atom. The highest BCUT2D eigenvalue weighted by molar-refractivity contribution is 9.10. The zero-order chi connectivity index (χ0) is 13.1. The predicted molar refractivity (Wildman–Crippen MR) is 76.8 cm³/mol. The van der Waals surface area contributed by atoms with E-state index in [4.69, 9.17) is 5.11 Å². The van der Waals surface area contributed by atoms with E-state index in [0.717, 1.165) is 35.1 Å². The van der Waals surface area contributed by atoms with Crippen molar-refractivity contribution in [3.05, 3.63) is 34.3 Å². The molecule has 4 heteroatoms. The van der Waals surface area contributed by atoms with E-state index < -0.39 is 5.97 Å². The number of hydrogen-bond acceptors (Lipinski definition) is 2. The van der Waals surface area contributed by atoms with Crippen molar-refractivity contribution in [1.29, 1.82) is 0 Å². The van der Waals surface area contributed by atoms with Gasteiger partial charge in [0.15, 0.2) is 0 Å². The van der Waals surface area contributed by atoms with E-state index in [1.165, 1.54) is 12.1 Å². The third-order valence-electron chi connectivity index (χ3n) is 3.15. The van der Waals surface area contributed by atoms with E-state index in [-0.39, 0.29) is 0 Å². The standard InChI is InChI=1S/C14H16BrNO2/c1-10-6-7-16(9-10)13-4-2-11(8-12(13)15)3-5-14(17)18/h2-5,8,10H,6-7,9H2,1H3,(H,17,18)/b5-3+. The van der Waals surface area contributed by atoms with E-state index in [2.05, 4.69) is 27.8 Å². The summed E-state index contributed by atoms with van der Waals surface area (Å²) in [6.45, 7) is 4.44. The van der Waals surface area contributed by atoms with Gasteiger partial charge in [-0.1, -0.05) is 13.0 Å². The Hall–Kier alpha value is -1.29. The lowest BCUT2D eigenvalue weighted by atomic mass is 10.1. The molecule has 1 unspecified atom stereocenters. The Labute approximate surface area is 115 Å². The van der Waals surface area contributed by atoms with Crippen LogP contribution in [0.1, 0.15) is 18.9 Å². The van der Waals surface area contributed by atoms with Gasteiger partial charge in [0.2, 0.25) is 0 Å². The van der Waals surface area contributed by atoms with Crippen molar-refractivity contribution in [3.63, 3.8) is 0 Å². The molecule has 0 aromatic heterocycles. The molecule has 0 amide bonds. The third kappa shape index (κ3) is 3.13. The molecule has 1 N–H and O–H groups in total. The van der Waals surface area contributed by atoms with Crippen molar-refractivity contribution in [1.82, 2.24) is 0 Å². The number of halogens is 1. The molecule has 0 spiro atoms. The van der Waals surface area contributed by atoms with Crippen LogP contribution in [0.4, 0.5) is 5.69 Å². The first-order valence-electron chi connectivity index (χ1n) is 6.02. The number of benzene rings is 1. The Bertz CT molecular complexity index is 485. The lowest BCUT2D eigenvalue weighted by Crippen LogP contribution is -2.19. The van der Waals surface area contributed by atoms with Gasteiger partial charge in [-0.25, -0.2) is 4.79 Å². The first kappa shape index (κ1) is 13.1. The monoisotopic (exact) mass is 309 g/mol. The van der Waals surface area contributed by atoms with Crippen LogP contribution in [0.5, 0.6) is 0 Å². The molecule has 0 bridgehead atoms. The molecule has 1 aliphatic rings. The van der Waals surface area contributed by atoms with Gasteiger partial charge in [-0.05, 0) is 52.0 Å². The van der Waals surface area contributed by atoms with Crippen molar-refractivity contribution in [2.75, 3.05) is 18.0 Å². The molecule has 1 fully saturated rings. The Kier molecular flexibility index (Phi) is 4.07. The summed E-state index contributed by atoms with van der Waals surface area (Å²) in [5.41, 5.74) is 2.08. The zero-order valence-corrected chi connectivity index (χ0v) is 11.9. The van der Waals surface area contributed by atoms with Crippen LogP contribution in [0.2, 0.25) is 0 Å². The highest BCUT2D eigenvalue weighted by Crippen LogP contribution is 2.31. The van der Waals surface area contributed by atoms with Crippen molar-refractivity contribution >= 4 is 33.7 Å². The smallest absolute Gasteiger partial charge is 0.328 e. The normalized spacial score (nSPS) is 19.7. The van der Waals surface area contributed by atoms with Gasteiger partial charge in [0, 0.05) is 23.6 Å². The SMILES string of the molecule is CC1CCN(c2ccc(/C=C/C(=O)O)cc2Br)C1. The zero-order valence-electron chi connectivity index (χ0n) is 10.3. The van der Waals surface area contributed by atoms with E-state index in [1.54, 1.807) is 6.08 Å². The second-order valence-electron chi connectivity index (χ2n) is 4.72. The van der Waals surface area contributed by atoms with Crippen LogP contribution in [0, 0.1) is 5.92 Å². The number of rotatable bonds is 3. The topological polar surface area (TPSA) is 40.5 Å². The number of carboxylic acid groups (broad SMARTS) is 1. The summed E-state index contributed by atoms with van der Waals surface area (Å²) in [7, 11) is 0. The first-order valence-corrected chi connectivity index (χ1v) is 6.81. The Morgan fingerprint density at radius 2 is 2.33 bits per heavy atom. The fourth-order valence-electron chi connectivity index (χ4n) is 2.20. The molecule has 96 valence electrons. The molecular weight excluding hydrogens is 294 g/mol. The molecule has 2 rings (SSSR count). The summed E-state index contributed by atoms with van der Waals surface area (Å²) >= 11 is 3.56. The maximum Gasteiger partial charge on any atom is 0.328 e. The average Bonchev–Trinajstić information content (AvgIpc) is 2.73. The summed E-state index contributed by atoms with van der Waals surface area (Å²) in [4.78, 5) is 12.8. The molecule has 1 saturated heterocycles. The largest absolute Gasteiger partial charge is 0.478 e. The van der Waals surface area contributed by atoms with Gasteiger partial charge >= 0.3 is 5.97 Å². The van der Waals surface area contributed by atoms with Crippen LogP contribution in [0.3, 0.4) is 0 Å². The number of carboxylic acids is 1. The summed E-state index contributed by atoms with van der Waals surface area (Å²) < 4.78 is 1.02. The molecular formula is C14H16BrNO2. The van der Waals surface area contributed by atoms with Crippen molar-refractivity contribution < 1.29 is 9.90 Å². The number of carbonyl (C=O) groups is 1. The predicted octanol–water partition coefficient (Wildman–Crippen LogP) is 3.39. The van der Waals surface area contributed by atoms with Crippen molar-refractivity contribution in [2.24, 2.45) is 5.92 Å². The Balaban J connectivity index is 2.17. The summed E-state index contributed by atoms with van der Waals surface area (Å²) in [6, 6.07) is 5.95. The van der Waals surface area contributed by atoms with Gasteiger partial charge < -0.3 is 10.0 Å². The maximum atomic E-state index is 10.5. The molecule has 18 heavy (non-hydrogen) atoms. The van der Waals surface area contributed by atoms with E-state index in [1.807, 2.05) is 18.2 Å². The fraction of sp³-hybridized carbons (Fsp3) is 0.357. The van der Waals surface area contributed by atoms with E-state index in [9.17, 15) is 4.79 Å². The molecule has 0 aliphatic carbocycles. The van der Waals surface area contributed by atoms with Crippen LogP contribution in [0.25, 0.3) is 6.08 Å². The highest BCUT2D eigenvalue weighted by atomic mass is 79.9. The second-order valence-corrected chi connectivity index (χ2v) is 5.58. The van der Waals surface area contributed by atoms with E-state index >= 15 is 0 Å². The minimum Gasteiger partial charge on any atom is -0.478 e. The molecule has 1 aliphatic heterocycles. The summed E-state index contributed by atoms with van der Waals surface area (Å²) in [5, 5.41) is 8.59. The first-order chi connectivity index (χ1) is 8.56. The van der Waals surface area contributed by atoms with Gasteiger partial charge in [-0.2, -0.15) is 0 Å².